The number of carbonyl (C=O) groups excluding carboxylic acids is 1. The predicted octanol–water partition coefficient (Wildman–Crippen LogP) is 6.14. The van der Waals surface area contributed by atoms with Crippen LogP contribution >= 0.6 is 11.6 Å². The van der Waals surface area contributed by atoms with Crippen LogP contribution in [0.15, 0.2) is 42.5 Å². The summed E-state index contributed by atoms with van der Waals surface area (Å²) in [5, 5.41) is 0.412. The van der Waals surface area contributed by atoms with Crippen LogP contribution in [0, 0.1) is 17.8 Å². The number of piperidine rings is 1. The van der Waals surface area contributed by atoms with Crippen LogP contribution in [0.5, 0.6) is 5.75 Å². The first-order valence-corrected chi connectivity index (χ1v) is 22.2. The molecule has 4 aliphatic heterocycles. The largest absolute Gasteiger partial charge is 0.489 e. The number of piperazine rings is 1. The summed E-state index contributed by atoms with van der Waals surface area (Å²) in [6, 6.07) is 10.5. The highest BCUT2D eigenvalue weighted by atomic mass is 35.5. The summed E-state index contributed by atoms with van der Waals surface area (Å²) >= 11 is 6.52. The number of amides is 1. The van der Waals surface area contributed by atoms with Crippen molar-refractivity contribution in [2.45, 2.75) is 93.9 Å². The Balaban J connectivity index is 1.19. The summed E-state index contributed by atoms with van der Waals surface area (Å²) in [6.45, 7) is 11.4. The molecule has 5 heterocycles. The average molecular weight is 764 g/mol. The number of fused-ring (bicyclic) bond motifs is 5. The van der Waals surface area contributed by atoms with E-state index in [0.29, 0.717) is 36.1 Å². The summed E-state index contributed by atoms with van der Waals surface area (Å²) in [7, 11) is -1.08. The van der Waals surface area contributed by atoms with Crippen LogP contribution < -0.4 is 14.4 Å². The Morgan fingerprint density at radius 3 is 2.77 bits per heavy atom. The molecule has 1 N–H and O–H groups in total. The lowest BCUT2D eigenvalue weighted by Gasteiger charge is -2.53. The first-order chi connectivity index (χ1) is 25.5. The zero-order valence-corrected chi connectivity index (χ0v) is 33.4. The Morgan fingerprint density at radius 1 is 1.09 bits per heavy atom. The molecular weight excluding hydrogens is 706 g/mol. The van der Waals surface area contributed by atoms with Crippen molar-refractivity contribution in [3.63, 3.8) is 0 Å². The lowest BCUT2D eigenvalue weighted by molar-refractivity contribution is -0.100. The Labute approximate surface area is 321 Å². The molecule has 2 bridgehead atoms. The Morgan fingerprint density at radius 2 is 1.96 bits per heavy atom. The number of anilines is 1. The summed E-state index contributed by atoms with van der Waals surface area (Å²) in [6.07, 6.45) is 14.5. The van der Waals surface area contributed by atoms with E-state index in [4.69, 9.17) is 26.1 Å². The van der Waals surface area contributed by atoms with E-state index in [9.17, 15) is 9.00 Å². The van der Waals surface area contributed by atoms with Crippen molar-refractivity contribution >= 4 is 38.9 Å². The fourth-order valence-corrected chi connectivity index (χ4v) is 12.1. The van der Waals surface area contributed by atoms with Crippen LogP contribution in [0.2, 0.25) is 5.02 Å². The van der Waals surface area contributed by atoms with Gasteiger partial charge in [0.1, 0.15) is 11.3 Å². The van der Waals surface area contributed by atoms with E-state index in [2.05, 4.69) is 56.5 Å². The number of ether oxygens (including phenoxy) is 2. The maximum atomic E-state index is 14.1. The maximum absolute atomic E-state index is 14.1. The number of nitrogens with one attached hydrogen (secondary N) is 1. The fraction of sp³-hybridized carbons (Fsp3) is 0.643. The van der Waals surface area contributed by atoms with Crippen LogP contribution in [0.3, 0.4) is 0 Å². The van der Waals surface area contributed by atoms with Gasteiger partial charge in [-0.15, -0.1) is 0 Å². The number of hydrogen-bond donors (Lipinski definition) is 1. The topological polar surface area (TPSA) is 87.2 Å². The highest BCUT2D eigenvalue weighted by molar-refractivity contribution is 7.99. The zero-order chi connectivity index (χ0) is 37.0. The van der Waals surface area contributed by atoms with Gasteiger partial charge in [0, 0.05) is 68.1 Å². The molecule has 2 saturated heterocycles. The third kappa shape index (κ3) is 7.16. The van der Waals surface area contributed by atoms with Gasteiger partial charge in [0.2, 0.25) is 0 Å². The van der Waals surface area contributed by atoms with Crippen molar-refractivity contribution in [3.05, 3.63) is 64.3 Å². The van der Waals surface area contributed by atoms with Crippen molar-refractivity contribution in [1.82, 2.24) is 19.5 Å². The number of halogens is 1. The fourth-order valence-electron chi connectivity index (χ4n) is 10.5. The number of methoxy groups -OCH3 is 1. The Bertz CT molecular complexity index is 1840. The van der Waals surface area contributed by atoms with Gasteiger partial charge in [0.15, 0.2) is 11.6 Å². The first-order valence-electron chi connectivity index (χ1n) is 20.0. The number of hydrogen-bond acceptors (Lipinski definition) is 8. The minimum absolute atomic E-state index is 0.0234. The molecule has 1 aromatic heterocycles. The van der Waals surface area contributed by atoms with Crippen molar-refractivity contribution in [1.29, 1.82) is 0 Å². The first kappa shape index (κ1) is 37.3. The molecule has 1 amide bonds. The normalized spacial score (nSPS) is 37.2. The number of aryl methyl sites for hydroxylation is 1. The highest BCUT2D eigenvalue weighted by Crippen LogP contribution is 2.49. The highest BCUT2D eigenvalue weighted by Gasteiger charge is 2.50. The molecule has 1 saturated carbocycles. The molecule has 288 valence electrons. The van der Waals surface area contributed by atoms with E-state index in [0.717, 1.165) is 82.8 Å². The maximum Gasteiger partial charge on any atom is 0.281 e. The standard InChI is InChI=1S/C42H58ClN5O4S/c1-29-9-7-19-42(51-3,27-46-21-22-47-20-6-5-11-34(47)25-46)36-14-12-32(36)24-48-26-41(18-8-10-31-23-33(43)13-15-35(31)41)28-52-38-17-16-37(44-39(38)48)40(49)45-53(4,50)30(29)2/h7,13,15-17,19,23,29-30,32,34,36H,4-6,8-12,14,18,20-22,24-28H2,1-3H3,(H,45,49,50)/b19-7+/t29-,30+,32-,34+,36+,41-,42+,53?/m0/s1. The lowest BCUT2D eigenvalue weighted by Crippen LogP contribution is -2.61. The molecule has 6 aliphatic rings. The van der Waals surface area contributed by atoms with Crippen LogP contribution in [-0.4, -0.2) is 107 Å². The summed E-state index contributed by atoms with van der Waals surface area (Å²) in [4.78, 5) is 26.6. The summed E-state index contributed by atoms with van der Waals surface area (Å²) in [5.74, 6) is 5.63. The minimum Gasteiger partial charge on any atom is -0.489 e. The molecule has 8 rings (SSSR count). The monoisotopic (exact) mass is 763 g/mol. The van der Waals surface area contributed by atoms with Gasteiger partial charge in [0.05, 0.1) is 16.3 Å². The van der Waals surface area contributed by atoms with Crippen molar-refractivity contribution < 1.29 is 18.5 Å². The summed E-state index contributed by atoms with van der Waals surface area (Å²) < 4.78 is 30.3. The average Bonchev–Trinajstić information content (AvgIpc) is 3.28. The number of carbonyl (C=O) groups is 1. The van der Waals surface area contributed by atoms with Crippen LogP contribution in [-0.2, 0) is 26.3 Å². The second kappa shape index (κ2) is 14.8. The molecule has 53 heavy (non-hydrogen) atoms. The molecule has 1 spiro atoms. The Hall–Kier alpha value is -2.63. The van der Waals surface area contributed by atoms with E-state index < -0.39 is 21.2 Å². The number of benzene rings is 1. The van der Waals surface area contributed by atoms with Gasteiger partial charge in [-0.25, -0.2) is 9.19 Å². The van der Waals surface area contributed by atoms with Crippen molar-refractivity contribution in [3.8, 4) is 5.75 Å². The molecule has 2 aliphatic carbocycles. The van der Waals surface area contributed by atoms with Crippen molar-refractivity contribution in [2.24, 2.45) is 17.8 Å². The van der Waals surface area contributed by atoms with Gasteiger partial charge in [-0.3, -0.25) is 19.3 Å². The minimum atomic E-state index is -2.99. The van der Waals surface area contributed by atoms with Gasteiger partial charge in [-0.1, -0.05) is 43.2 Å². The number of allylic oxidation sites excluding steroid dienone is 1. The van der Waals surface area contributed by atoms with Gasteiger partial charge in [-0.05, 0) is 124 Å². The van der Waals surface area contributed by atoms with E-state index >= 15 is 0 Å². The Kier molecular flexibility index (Phi) is 10.4. The molecule has 11 heteroatoms. The number of rotatable bonds is 3. The van der Waals surface area contributed by atoms with Crippen LogP contribution in [0.1, 0.15) is 86.8 Å². The quantitative estimate of drug-likeness (QED) is 0.295. The molecule has 9 nitrogen and oxygen atoms in total. The molecule has 2 aromatic rings. The van der Waals surface area contributed by atoms with Crippen LogP contribution in [0.4, 0.5) is 5.82 Å². The number of pyridine rings is 1. The van der Waals surface area contributed by atoms with Gasteiger partial charge in [-0.2, -0.15) is 0 Å². The lowest BCUT2D eigenvalue weighted by atomic mass is 9.63. The molecule has 3 fully saturated rings. The second-order valence-corrected chi connectivity index (χ2v) is 20.0. The molecule has 1 unspecified atom stereocenters. The summed E-state index contributed by atoms with van der Waals surface area (Å²) in [5.41, 5.74) is 2.09. The van der Waals surface area contributed by atoms with Gasteiger partial charge >= 0.3 is 0 Å². The predicted molar refractivity (Wildman–Crippen MR) is 215 cm³/mol. The van der Waals surface area contributed by atoms with E-state index in [-0.39, 0.29) is 22.3 Å². The zero-order valence-electron chi connectivity index (χ0n) is 31.9. The van der Waals surface area contributed by atoms with Gasteiger partial charge < -0.3 is 14.4 Å². The smallest absolute Gasteiger partial charge is 0.281 e. The third-order valence-electron chi connectivity index (χ3n) is 14.0. The van der Waals surface area contributed by atoms with E-state index in [1.165, 1.54) is 36.9 Å². The molecule has 1 aromatic carbocycles. The molecule has 8 atom stereocenters. The van der Waals surface area contributed by atoms with Crippen LogP contribution in [0.25, 0.3) is 0 Å². The second-order valence-electron chi connectivity index (χ2n) is 17.1. The number of aromatic nitrogens is 1. The molecular formula is C42H58ClN5O4S. The SMILES string of the molecule is C=S1(=O)NC(=O)c2ccc3c(n2)N(C[C@@H]2CC[C@H]2[C@@](CN2CCN4CCCC[C@@H]4C2)(OC)/C=C/C[C@H](C)[C@H]1C)C[C@@]1(CCCc2cc(Cl)ccc21)CO3. The molecule has 0 radical (unpaired) electrons. The number of nitrogens with zero attached hydrogens (tertiary/aromatic N) is 4. The van der Waals surface area contributed by atoms with E-state index in [1.807, 2.05) is 26.2 Å². The van der Waals surface area contributed by atoms with Crippen molar-refractivity contribution in [2.75, 3.05) is 64.4 Å². The van der Waals surface area contributed by atoms with E-state index in [1.54, 1.807) is 6.07 Å². The van der Waals surface area contributed by atoms with Gasteiger partial charge in [0.25, 0.3) is 5.91 Å². The third-order valence-corrected chi connectivity index (χ3v) is 16.4.